The predicted octanol–water partition coefficient (Wildman–Crippen LogP) is 1.62. The monoisotopic (exact) mass is 326 g/mol. The first kappa shape index (κ1) is 15.6. The summed E-state index contributed by atoms with van der Waals surface area (Å²) < 4.78 is 0. The third kappa shape index (κ3) is 3.18. The first-order valence-corrected chi connectivity index (χ1v) is 9.14. The maximum atomic E-state index is 8.74. The molecule has 3 heterocycles. The van der Waals surface area contributed by atoms with Crippen LogP contribution in [-0.2, 0) is 0 Å². The van der Waals surface area contributed by atoms with Crippen LogP contribution < -0.4 is 10.2 Å². The largest absolute Gasteiger partial charge is 0.356 e. The van der Waals surface area contributed by atoms with Crippen molar-refractivity contribution in [1.29, 1.82) is 5.26 Å². The van der Waals surface area contributed by atoms with Gasteiger partial charge in [-0.05, 0) is 49.5 Å². The molecule has 1 aliphatic carbocycles. The maximum absolute atomic E-state index is 8.74. The van der Waals surface area contributed by atoms with Crippen molar-refractivity contribution in [1.82, 2.24) is 20.2 Å². The fourth-order valence-corrected chi connectivity index (χ4v) is 4.84. The maximum Gasteiger partial charge on any atom is 0.176 e. The van der Waals surface area contributed by atoms with Gasteiger partial charge in [0.2, 0.25) is 0 Å². The first-order valence-electron chi connectivity index (χ1n) is 9.14. The first-order chi connectivity index (χ1) is 11.8. The van der Waals surface area contributed by atoms with Gasteiger partial charge in [-0.25, -0.2) is 9.97 Å². The summed E-state index contributed by atoms with van der Waals surface area (Å²) in [6, 6.07) is 2.43. The minimum atomic E-state index is 0.422. The highest BCUT2D eigenvalue weighted by Crippen LogP contribution is 2.44. The number of nitrogens with zero attached hydrogens (tertiary/aromatic N) is 5. The molecule has 0 amide bonds. The Balaban J connectivity index is 1.21. The van der Waals surface area contributed by atoms with Gasteiger partial charge in [-0.2, -0.15) is 5.26 Å². The summed E-state index contributed by atoms with van der Waals surface area (Å²) in [5.41, 5.74) is 0.554. The highest BCUT2D eigenvalue weighted by Gasteiger charge is 2.45. The molecule has 128 valence electrons. The van der Waals surface area contributed by atoms with Gasteiger partial charge in [0, 0.05) is 45.0 Å². The number of nitrogens with one attached hydrogen (secondary N) is 1. The van der Waals surface area contributed by atoms with E-state index in [4.69, 9.17) is 5.26 Å². The van der Waals surface area contributed by atoms with Crippen molar-refractivity contribution in [3.05, 3.63) is 18.6 Å². The van der Waals surface area contributed by atoms with E-state index in [2.05, 4.69) is 31.3 Å². The summed E-state index contributed by atoms with van der Waals surface area (Å²) in [5.74, 6) is 1.82. The lowest BCUT2D eigenvalue weighted by Crippen LogP contribution is -2.59. The number of anilines is 1. The summed E-state index contributed by atoms with van der Waals surface area (Å²) in [5, 5.41) is 11.7. The van der Waals surface area contributed by atoms with Crippen LogP contribution in [0.4, 0.5) is 5.82 Å². The Hall–Kier alpha value is -1.87. The van der Waals surface area contributed by atoms with Gasteiger partial charge in [0.25, 0.3) is 0 Å². The highest BCUT2D eigenvalue weighted by atomic mass is 15.2. The molecule has 1 atom stereocenters. The van der Waals surface area contributed by atoms with Crippen molar-refractivity contribution in [2.24, 2.45) is 11.3 Å². The van der Waals surface area contributed by atoms with E-state index in [-0.39, 0.29) is 0 Å². The molecule has 3 fully saturated rings. The van der Waals surface area contributed by atoms with Crippen LogP contribution in [0.5, 0.6) is 0 Å². The van der Waals surface area contributed by atoms with Crippen LogP contribution in [0, 0.1) is 22.8 Å². The van der Waals surface area contributed by atoms with Crippen LogP contribution in [-0.4, -0.2) is 53.6 Å². The van der Waals surface area contributed by atoms with E-state index >= 15 is 0 Å². The minimum absolute atomic E-state index is 0.422. The Morgan fingerprint density at radius 2 is 2.12 bits per heavy atom. The molecule has 1 saturated carbocycles. The van der Waals surface area contributed by atoms with Crippen LogP contribution >= 0.6 is 0 Å². The smallest absolute Gasteiger partial charge is 0.176 e. The third-order valence-electron chi connectivity index (χ3n) is 6.13. The van der Waals surface area contributed by atoms with Crippen LogP contribution in [0.1, 0.15) is 32.1 Å². The molecule has 1 unspecified atom stereocenters. The van der Waals surface area contributed by atoms with Crippen LogP contribution in [0.2, 0.25) is 0 Å². The Labute approximate surface area is 143 Å². The molecular formula is C18H26N6. The van der Waals surface area contributed by atoms with Gasteiger partial charge in [-0.15, -0.1) is 0 Å². The van der Waals surface area contributed by atoms with E-state index in [9.17, 15) is 0 Å². The molecule has 0 aromatic carbocycles. The van der Waals surface area contributed by atoms with Crippen molar-refractivity contribution in [3.8, 4) is 6.19 Å². The Bertz CT molecular complexity index is 581. The van der Waals surface area contributed by atoms with Crippen molar-refractivity contribution in [3.63, 3.8) is 0 Å². The average Bonchev–Trinajstić information content (AvgIpc) is 3.05. The Morgan fingerprint density at radius 3 is 2.83 bits per heavy atom. The van der Waals surface area contributed by atoms with Gasteiger partial charge >= 0.3 is 0 Å². The quantitative estimate of drug-likeness (QED) is 0.670. The number of hydrogen-bond acceptors (Lipinski definition) is 6. The van der Waals surface area contributed by atoms with E-state index in [0.717, 1.165) is 37.7 Å². The van der Waals surface area contributed by atoms with Gasteiger partial charge in [0.1, 0.15) is 12.1 Å². The summed E-state index contributed by atoms with van der Waals surface area (Å²) in [6.45, 7) is 5.98. The Kier molecular flexibility index (Phi) is 4.28. The minimum Gasteiger partial charge on any atom is -0.356 e. The summed E-state index contributed by atoms with van der Waals surface area (Å²) >= 11 is 0. The lowest BCUT2D eigenvalue weighted by atomic mass is 9.67. The Morgan fingerprint density at radius 1 is 1.29 bits per heavy atom. The molecule has 2 saturated heterocycles. The molecular weight excluding hydrogens is 300 g/mol. The van der Waals surface area contributed by atoms with Crippen molar-refractivity contribution < 1.29 is 0 Å². The SMILES string of the molecule is N#CNC1CCC2(CC1)CN(CC1CCN(c3ccncn3)C1)C2. The van der Waals surface area contributed by atoms with Crippen LogP contribution in [0.3, 0.4) is 0 Å². The second-order valence-electron chi connectivity index (χ2n) is 7.87. The van der Waals surface area contributed by atoms with Gasteiger partial charge in [-0.3, -0.25) is 0 Å². The number of nitriles is 1. The van der Waals surface area contributed by atoms with Gasteiger partial charge in [0.05, 0.1) is 0 Å². The fourth-order valence-electron chi connectivity index (χ4n) is 4.84. The number of hydrogen-bond donors (Lipinski definition) is 1. The van der Waals surface area contributed by atoms with E-state index in [1.807, 2.05) is 12.3 Å². The topological polar surface area (TPSA) is 68.1 Å². The highest BCUT2D eigenvalue weighted by molar-refractivity contribution is 5.37. The second-order valence-corrected chi connectivity index (χ2v) is 7.87. The zero-order chi connectivity index (χ0) is 16.4. The van der Waals surface area contributed by atoms with Gasteiger partial charge < -0.3 is 15.1 Å². The molecule has 6 nitrogen and oxygen atoms in total. The molecule has 0 bridgehead atoms. The lowest BCUT2D eigenvalue weighted by molar-refractivity contribution is -0.0390. The van der Waals surface area contributed by atoms with E-state index in [1.54, 1.807) is 6.33 Å². The van der Waals surface area contributed by atoms with Crippen LogP contribution in [0.15, 0.2) is 18.6 Å². The van der Waals surface area contributed by atoms with E-state index in [1.165, 1.54) is 38.9 Å². The predicted molar refractivity (Wildman–Crippen MR) is 92.2 cm³/mol. The molecule has 4 rings (SSSR count). The summed E-state index contributed by atoms with van der Waals surface area (Å²) in [7, 11) is 0. The van der Waals surface area contributed by atoms with E-state index in [0.29, 0.717) is 11.5 Å². The molecule has 1 aromatic heterocycles. The zero-order valence-electron chi connectivity index (χ0n) is 14.2. The van der Waals surface area contributed by atoms with E-state index < -0.39 is 0 Å². The molecule has 3 aliphatic rings. The molecule has 1 N–H and O–H groups in total. The normalized spacial score (nSPS) is 27.0. The van der Waals surface area contributed by atoms with Crippen molar-refractivity contribution >= 4 is 5.82 Å². The number of rotatable bonds is 4. The molecule has 2 aliphatic heterocycles. The fraction of sp³-hybridized carbons (Fsp3) is 0.722. The van der Waals surface area contributed by atoms with Crippen LogP contribution in [0.25, 0.3) is 0 Å². The summed E-state index contributed by atoms with van der Waals surface area (Å²) in [4.78, 5) is 13.4. The molecule has 24 heavy (non-hydrogen) atoms. The van der Waals surface area contributed by atoms with Gasteiger partial charge in [0.15, 0.2) is 6.19 Å². The number of likely N-dealkylation sites (tertiary alicyclic amines) is 1. The summed E-state index contributed by atoms with van der Waals surface area (Å²) in [6.07, 6.45) is 11.7. The number of aromatic nitrogens is 2. The second kappa shape index (κ2) is 6.56. The average molecular weight is 326 g/mol. The van der Waals surface area contributed by atoms with Crippen molar-refractivity contribution in [2.75, 3.05) is 37.6 Å². The standard InChI is InChI=1S/C18H26N6/c19-13-21-16-1-5-18(6-2-16)11-23(12-18)9-15-4-8-24(10-15)17-3-7-20-14-22-17/h3,7,14-16,21H,1-2,4-6,8-12H2. The third-order valence-corrected chi connectivity index (χ3v) is 6.13. The van der Waals surface area contributed by atoms with Crippen molar-refractivity contribution in [2.45, 2.75) is 38.1 Å². The lowest BCUT2D eigenvalue weighted by Gasteiger charge is -2.54. The molecule has 6 heteroatoms. The molecule has 0 radical (unpaired) electrons. The molecule has 1 spiro atoms. The van der Waals surface area contributed by atoms with Gasteiger partial charge in [-0.1, -0.05) is 0 Å². The molecule has 1 aromatic rings. The zero-order valence-corrected chi connectivity index (χ0v) is 14.2.